The zero-order valence-electron chi connectivity index (χ0n) is 11.2. The fraction of sp³-hybridized carbons (Fsp3) is 0.312. The Labute approximate surface area is 119 Å². The van der Waals surface area contributed by atoms with Crippen LogP contribution < -0.4 is 0 Å². The third kappa shape index (κ3) is 3.14. The van der Waals surface area contributed by atoms with Gasteiger partial charge >= 0.3 is 0 Å². The first kappa shape index (κ1) is 14.0. The van der Waals surface area contributed by atoms with Gasteiger partial charge in [-0.3, -0.25) is 4.98 Å². The molecular formula is C16H18ClNO. The Morgan fingerprint density at radius 1 is 1.16 bits per heavy atom. The van der Waals surface area contributed by atoms with Gasteiger partial charge in [-0.2, -0.15) is 0 Å². The van der Waals surface area contributed by atoms with E-state index in [4.69, 9.17) is 11.6 Å². The molecule has 1 unspecified atom stereocenters. The molecule has 0 aliphatic carbocycles. The Hall–Kier alpha value is -1.38. The van der Waals surface area contributed by atoms with Gasteiger partial charge in [0.05, 0.1) is 5.69 Å². The average Bonchev–Trinajstić information content (AvgIpc) is 2.39. The van der Waals surface area contributed by atoms with E-state index in [0.29, 0.717) is 23.1 Å². The molecule has 0 bridgehead atoms. The first-order valence-electron chi connectivity index (χ1n) is 6.42. The second-order valence-electron chi connectivity index (χ2n) is 5.18. The lowest BCUT2D eigenvalue weighted by molar-refractivity contribution is 0.0531. The van der Waals surface area contributed by atoms with Crippen LogP contribution in [-0.2, 0) is 5.60 Å². The minimum absolute atomic E-state index is 0.350. The molecule has 1 atom stereocenters. The molecule has 0 aliphatic rings. The van der Waals surface area contributed by atoms with Gasteiger partial charge in [0.1, 0.15) is 5.60 Å². The van der Waals surface area contributed by atoms with E-state index in [9.17, 15) is 5.11 Å². The van der Waals surface area contributed by atoms with Crippen molar-refractivity contribution in [2.24, 2.45) is 5.92 Å². The predicted octanol–water partition coefficient (Wildman–Crippen LogP) is 4.02. The Morgan fingerprint density at radius 3 is 2.37 bits per heavy atom. The van der Waals surface area contributed by atoms with E-state index in [1.165, 1.54) is 0 Å². The zero-order chi connectivity index (χ0) is 13.9. The lowest BCUT2D eigenvalue weighted by Crippen LogP contribution is -2.30. The second kappa shape index (κ2) is 5.72. The van der Waals surface area contributed by atoms with Gasteiger partial charge in [-0.15, -0.1) is 0 Å². The maximum absolute atomic E-state index is 11.1. The molecule has 1 aromatic heterocycles. The zero-order valence-corrected chi connectivity index (χ0v) is 11.9. The summed E-state index contributed by atoms with van der Waals surface area (Å²) < 4.78 is 0. The molecule has 3 heteroatoms. The van der Waals surface area contributed by atoms with Crippen LogP contribution in [0.2, 0.25) is 5.02 Å². The molecule has 0 spiro atoms. The number of aliphatic hydroxyl groups is 1. The summed E-state index contributed by atoms with van der Waals surface area (Å²) in [5.41, 5.74) is 0.426. The summed E-state index contributed by atoms with van der Waals surface area (Å²) in [4.78, 5) is 4.32. The monoisotopic (exact) mass is 275 g/mol. The Morgan fingerprint density at radius 2 is 1.84 bits per heavy atom. The van der Waals surface area contributed by atoms with Crippen LogP contribution in [0, 0.1) is 5.92 Å². The van der Waals surface area contributed by atoms with Crippen molar-refractivity contribution >= 4 is 11.6 Å². The summed E-state index contributed by atoms with van der Waals surface area (Å²) in [6.45, 7) is 4.17. The van der Waals surface area contributed by atoms with Gasteiger partial charge in [-0.25, -0.2) is 0 Å². The number of benzene rings is 1. The lowest BCUT2D eigenvalue weighted by Gasteiger charge is -2.30. The summed E-state index contributed by atoms with van der Waals surface area (Å²) in [6.07, 6.45) is 2.32. The van der Waals surface area contributed by atoms with Gasteiger partial charge in [-0.05, 0) is 42.2 Å². The fourth-order valence-corrected chi connectivity index (χ4v) is 2.42. The minimum atomic E-state index is -1.07. The van der Waals surface area contributed by atoms with Crippen molar-refractivity contribution in [3.8, 4) is 0 Å². The smallest absolute Gasteiger partial charge is 0.132 e. The molecule has 0 aliphatic heterocycles. The van der Waals surface area contributed by atoms with E-state index in [-0.39, 0.29) is 0 Å². The molecule has 0 radical (unpaired) electrons. The van der Waals surface area contributed by atoms with Gasteiger partial charge in [-0.1, -0.05) is 43.6 Å². The van der Waals surface area contributed by atoms with Crippen molar-refractivity contribution in [2.75, 3.05) is 0 Å². The number of halogens is 1. The van der Waals surface area contributed by atoms with Gasteiger partial charge in [0.25, 0.3) is 0 Å². The highest BCUT2D eigenvalue weighted by molar-refractivity contribution is 6.30. The highest BCUT2D eigenvalue weighted by Crippen LogP contribution is 2.34. The number of aromatic nitrogens is 1. The quantitative estimate of drug-likeness (QED) is 0.914. The number of rotatable bonds is 4. The highest BCUT2D eigenvalue weighted by Gasteiger charge is 2.33. The van der Waals surface area contributed by atoms with Crippen molar-refractivity contribution in [3.63, 3.8) is 0 Å². The summed E-state index contributed by atoms with van der Waals surface area (Å²) in [5, 5.41) is 11.8. The molecule has 2 aromatic rings. The second-order valence-corrected chi connectivity index (χ2v) is 5.62. The Bertz CT molecular complexity index is 524. The van der Waals surface area contributed by atoms with Gasteiger partial charge in [0, 0.05) is 11.2 Å². The molecule has 0 amide bonds. The Kier molecular flexibility index (Phi) is 4.23. The third-order valence-electron chi connectivity index (χ3n) is 3.11. The van der Waals surface area contributed by atoms with Crippen LogP contribution in [-0.4, -0.2) is 10.1 Å². The molecule has 0 saturated carbocycles. The summed E-state index contributed by atoms with van der Waals surface area (Å²) >= 11 is 5.92. The molecule has 1 N–H and O–H groups in total. The fourth-order valence-electron chi connectivity index (χ4n) is 2.29. The largest absolute Gasteiger partial charge is 0.379 e. The van der Waals surface area contributed by atoms with E-state index < -0.39 is 5.60 Å². The van der Waals surface area contributed by atoms with E-state index in [1.807, 2.05) is 30.3 Å². The maximum atomic E-state index is 11.1. The van der Waals surface area contributed by atoms with Crippen LogP contribution in [0.25, 0.3) is 0 Å². The molecule has 1 aromatic carbocycles. The highest BCUT2D eigenvalue weighted by atomic mass is 35.5. The average molecular weight is 276 g/mol. The molecule has 0 saturated heterocycles. The van der Waals surface area contributed by atoms with Crippen molar-refractivity contribution < 1.29 is 5.11 Å². The molecule has 0 fully saturated rings. The first-order valence-corrected chi connectivity index (χ1v) is 6.80. The number of pyridine rings is 1. The molecule has 2 rings (SSSR count). The molecule has 1 heterocycles. The number of hydrogen-bond donors (Lipinski definition) is 1. The van der Waals surface area contributed by atoms with E-state index in [1.54, 1.807) is 18.3 Å². The maximum Gasteiger partial charge on any atom is 0.132 e. The van der Waals surface area contributed by atoms with Crippen LogP contribution >= 0.6 is 11.6 Å². The number of nitrogens with zero attached hydrogens (tertiary/aromatic N) is 1. The lowest BCUT2D eigenvalue weighted by atomic mass is 9.83. The van der Waals surface area contributed by atoms with Crippen molar-refractivity contribution in [1.82, 2.24) is 4.98 Å². The van der Waals surface area contributed by atoms with Gasteiger partial charge in [0.15, 0.2) is 0 Å². The molecular weight excluding hydrogens is 258 g/mol. The van der Waals surface area contributed by atoms with Crippen molar-refractivity contribution in [3.05, 3.63) is 64.9 Å². The summed E-state index contributed by atoms with van der Waals surface area (Å²) in [6, 6.07) is 12.9. The molecule has 19 heavy (non-hydrogen) atoms. The topological polar surface area (TPSA) is 33.1 Å². The first-order chi connectivity index (χ1) is 9.02. The third-order valence-corrected chi connectivity index (χ3v) is 3.37. The van der Waals surface area contributed by atoms with E-state index in [2.05, 4.69) is 18.8 Å². The van der Waals surface area contributed by atoms with Crippen LogP contribution in [0.5, 0.6) is 0 Å². The predicted molar refractivity (Wildman–Crippen MR) is 78.1 cm³/mol. The van der Waals surface area contributed by atoms with Crippen molar-refractivity contribution in [2.45, 2.75) is 25.9 Å². The molecule has 2 nitrogen and oxygen atoms in total. The van der Waals surface area contributed by atoms with E-state index in [0.717, 1.165) is 5.56 Å². The van der Waals surface area contributed by atoms with E-state index >= 15 is 0 Å². The SMILES string of the molecule is CC(C)CC(O)(c1ccc(Cl)cc1)c1ccccn1. The van der Waals surface area contributed by atoms with Crippen LogP contribution in [0.3, 0.4) is 0 Å². The minimum Gasteiger partial charge on any atom is -0.379 e. The summed E-state index contributed by atoms with van der Waals surface area (Å²) in [7, 11) is 0. The normalized spacial score (nSPS) is 14.4. The standard InChI is InChI=1S/C16H18ClNO/c1-12(2)11-16(19,15-5-3-4-10-18-15)13-6-8-14(17)9-7-13/h3-10,12,19H,11H2,1-2H3. The Balaban J connectivity index is 2.48. The molecule has 100 valence electrons. The van der Waals surface area contributed by atoms with Crippen LogP contribution in [0.15, 0.2) is 48.7 Å². The van der Waals surface area contributed by atoms with Gasteiger partial charge < -0.3 is 5.11 Å². The number of hydrogen-bond acceptors (Lipinski definition) is 2. The summed E-state index contributed by atoms with van der Waals surface area (Å²) in [5.74, 6) is 0.350. The van der Waals surface area contributed by atoms with Crippen LogP contribution in [0.4, 0.5) is 0 Å². The van der Waals surface area contributed by atoms with Crippen molar-refractivity contribution in [1.29, 1.82) is 0 Å². The van der Waals surface area contributed by atoms with Crippen LogP contribution in [0.1, 0.15) is 31.5 Å². The van der Waals surface area contributed by atoms with Gasteiger partial charge in [0.2, 0.25) is 0 Å².